The zero-order chi connectivity index (χ0) is 15.4. The number of halogens is 1. The molecule has 0 aromatic heterocycles. The molecule has 0 aliphatic heterocycles. The van der Waals surface area contributed by atoms with Crippen molar-refractivity contribution in [1.29, 1.82) is 0 Å². The number of rotatable bonds is 4. The number of hydrogen-bond acceptors (Lipinski definition) is 3. The highest BCUT2D eigenvalue weighted by molar-refractivity contribution is 6.00. The Bertz CT molecular complexity index is 674. The predicted octanol–water partition coefficient (Wildman–Crippen LogP) is 1.96. The first kappa shape index (κ1) is 14.5. The molecular weight excluding hydrogens is 275 g/mol. The molecule has 2 rings (SSSR count). The first-order chi connectivity index (χ1) is 9.99. The normalized spacial score (nSPS) is 11.7. The van der Waals surface area contributed by atoms with Crippen LogP contribution < -0.4 is 11.1 Å². The van der Waals surface area contributed by atoms with Crippen molar-refractivity contribution >= 4 is 17.6 Å². The molecule has 4 N–H and O–H groups in total. The monoisotopic (exact) mass is 288 g/mol. The molecule has 1 amide bonds. The van der Waals surface area contributed by atoms with Gasteiger partial charge in [0.25, 0.3) is 5.91 Å². The number of aliphatic carboxylic acids is 1. The van der Waals surface area contributed by atoms with Crippen molar-refractivity contribution < 1.29 is 19.1 Å². The van der Waals surface area contributed by atoms with Gasteiger partial charge in [-0.25, -0.2) is 9.18 Å². The van der Waals surface area contributed by atoms with Crippen LogP contribution in [0.15, 0.2) is 48.5 Å². The lowest BCUT2D eigenvalue weighted by Crippen LogP contribution is -2.34. The number of hydrogen-bond donors (Lipinski definition) is 3. The van der Waals surface area contributed by atoms with E-state index >= 15 is 0 Å². The smallest absolute Gasteiger partial charge is 0.330 e. The third kappa shape index (κ3) is 3.36. The van der Waals surface area contributed by atoms with Gasteiger partial charge in [-0.05, 0) is 23.8 Å². The summed E-state index contributed by atoms with van der Waals surface area (Å²) in [6, 6.07) is 10.4. The molecule has 0 aliphatic rings. The number of carboxylic acids is 1. The fraction of sp³-hybridized carbons (Fsp3) is 0.0667. The average Bonchev–Trinajstić information content (AvgIpc) is 2.45. The summed E-state index contributed by atoms with van der Waals surface area (Å²) >= 11 is 0. The Morgan fingerprint density at radius 3 is 2.38 bits per heavy atom. The lowest BCUT2D eigenvalue weighted by molar-refractivity contribution is -0.139. The first-order valence-electron chi connectivity index (χ1n) is 6.12. The SMILES string of the molecule is Nc1cc(F)ccc1C(=O)NC(C(=O)O)c1ccccc1. The van der Waals surface area contributed by atoms with Crippen LogP contribution in [-0.2, 0) is 4.79 Å². The Balaban J connectivity index is 2.25. The van der Waals surface area contributed by atoms with E-state index in [2.05, 4.69) is 5.32 Å². The minimum Gasteiger partial charge on any atom is -0.479 e. The number of carbonyl (C=O) groups excluding carboxylic acids is 1. The molecular formula is C15H13FN2O3. The van der Waals surface area contributed by atoms with E-state index in [1.54, 1.807) is 30.3 Å². The maximum atomic E-state index is 13.0. The topological polar surface area (TPSA) is 92.4 Å². The van der Waals surface area contributed by atoms with Crippen LogP contribution in [0, 0.1) is 5.82 Å². The second-order valence-corrected chi connectivity index (χ2v) is 4.39. The van der Waals surface area contributed by atoms with Crippen LogP contribution >= 0.6 is 0 Å². The molecule has 0 aliphatic carbocycles. The standard InChI is InChI=1S/C15H13FN2O3/c16-10-6-7-11(12(17)8-10)14(19)18-13(15(20)21)9-4-2-1-3-5-9/h1-8,13H,17H2,(H,18,19)(H,20,21). The molecule has 0 heterocycles. The molecule has 2 aromatic rings. The number of nitrogens with two attached hydrogens (primary N) is 1. The quantitative estimate of drug-likeness (QED) is 0.750. The van der Waals surface area contributed by atoms with Gasteiger partial charge in [0.15, 0.2) is 6.04 Å². The predicted molar refractivity (Wildman–Crippen MR) is 75.1 cm³/mol. The van der Waals surface area contributed by atoms with E-state index in [1.165, 1.54) is 6.07 Å². The maximum Gasteiger partial charge on any atom is 0.330 e. The van der Waals surface area contributed by atoms with Crippen LogP contribution in [-0.4, -0.2) is 17.0 Å². The number of nitrogen functional groups attached to an aromatic ring is 1. The number of anilines is 1. The second-order valence-electron chi connectivity index (χ2n) is 4.39. The summed E-state index contributed by atoms with van der Waals surface area (Å²) in [5, 5.41) is 11.6. The Morgan fingerprint density at radius 2 is 1.81 bits per heavy atom. The van der Waals surface area contributed by atoms with E-state index in [4.69, 9.17) is 5.73 Å². The summed E-state index contributed by atoms with van der Waals surface area (Å²) in [6.45, 7) is 0. The largest absolute Gasteiger partial charge is 0.479 e. The highest BCUT2D eigenvalue weighted by atomic mass is 19.1. The van der Waals surface area contributed by atoms with E-state index in [0.29, 0.717) is 5.56 Å². The van der Waals surface area contributed by atoms with E-state index in [1.807, 2.05) is 0 Å². The number of carbonyl (C=O) groups is 2. The molecule has 21 heavy (non-hydrogen) atoms. The van der Waals surface area contributed by atoms with Crippen LogP contribution in [0.5, 0.6) is 0 Å². The highest BCUT2D eigenvalue weighted by Gasteiger charge is 2.23. The van der Waals surface area contributed by atoms with Crippen molar-refractivity contribution in [2.75, 3.05) is 5.73 Å². The van der Waals surface area contributed by atoms with Crippen molar-refractivity contribution in [2.24, 2.45) is 0 Å². The molecule has 0 spiro atoms. The Hall–Kier alpha value is -2.89. The zero-order valence-corrected chi connectivity index (χ0v) is 10.9. The molecule has 0 saturated carbocycles. The summed E-state index contributed by atoms with van der Waals surface area (Å²) in [4.78, 5) is 23.4. The van der Waals surface area contributed by atoms with Crippen molar-refractivity contribution in [3.63, 3.8) is 0 Å². The second kappa shape index (κ2) is 6.04. The molecule has 108 valence electrons. The van der Waals surface area contributed by atoms with Gasteiger partial charge in [0.1, 0.15) is 5.82 Å². The van der Waals surface area contributed by atoms with Crippen LogP contribution in [0.3, 0.4) is 0 Å². The van der Waals surface area contributed by atoms with E-state index in [9.17, 15) is 19.1 Å². The molecule has 0 radical (unpaired) electrons. The Morgan fingerprint density at radius 1 is 1.14 bits per heavy atom. The van der Waals surface area contributed by atoms with Gasteiger partial charge in [-0.2, -0.15) is 0 Å². The van der Waals surface area contributed by atoms with Gasteiger partial charge in [-0.15, -0.1) is 0 Å². The van der Waals surface area contributed by atoms with Crippen molar-refractivity contribution in [3.05, 3.63) is 65.5 Å². The number of carboxylic acid groups (broad SMARTS) is 1. The van der Waals surface area contributed by atoms with Crippen molar-refractivity contribution in [3.8, 4) is 0 Å². The summed E-state index contributed by atoms with van der Waals surface area (Å²) in [5.74, 6) is -2.44. The lowest BCUT2D eigenvalue weighted by atomic mass is 10.1. The molecule has 1 atom stereocenters. The highest BCUT2D eigenvalue weighted by Crippen LogP contribution is 2.17. The average molecular weight is 288 g/mol. The molecule has 1 unspecified atom stereocenters. The Labute approximate surface area is 120 Å². The van der Waals surface area contributed by atoms with Gasteiger partial charge in [0.05, 0.1) is 5.56 Å². The molecule has 2 aromatic carbocycles. The minimum absolute atomic E-state index is 0.0265. The van der Waals surface area contributed by atoms with Crippen LogP contribution in [0.2, 0.25) is 0 Å². The van der Waals surface area contributed by atoms with E-state index < -0.39 is 23.7 Å². The van der Waals surface area contributed by atoms with Crippen LogP contribution in [0.1, 0.15) is 22.0 Å². The third-order valence-electron chi connectivity index (χ3n) is 2.91. The fourth-order valence-corrected chi connectivity index (χ4v) is 1.88. The van der Waals surface area contributed by atoms with Gasteiger partial charge < -0.3 is 16.2 Å². The fourth-order valence-electron chi connectivity index (χ4n) is 1.88. The van der Waals surface area contributed by atoms with Gasteiger partial charge in [0.2, 0.25) is 0 Å². The molecule has 5 nitrogen and oxygen atoms in total. The zero-order valence-electron chi connectivity index (χ0n) is 10.9. The van der Waals surface area contributed by atoms with Crippen molar-refractivity contribution in [2.45, 2.75) is 6.04 Å². The Kier molecular flexibility index (Phi) is 4.18. The molecule has 0 bridgehead atoms. The number of amides is 1. The van der Waals surface area contributed by atoms with Gasteiger partial charge in [-0.3, -0.25) is 4.79 Å². The molecule has 0 saturated heterocycles. The van der Waals surface area contributed by atoms with Gasteiger partial charge >= 0.3 is 5.97 Å². The van der Waals surface area contributed by atoms with E-state index in [-0.39, 0.29) is 11.3 Å². The molecule has 6 heteroatoms. The van der Waals surface area contributed by atoms with Crippen LogP contribution in [0.25, 0.3) is 0 Å². The minimum atomic E-state index is -1.21. The summed E-state index contributed by atoms with van der Waals surface area (Å²) in [5.41, 5.74) is 5.97. The van der Waals surface area contributed by atoms with E-state index in [0.717, 1.165) is 12.1 Å². The summed E-state index contributed by atoms with van der Waals surface area (Å²) in [6.07, 6.45) is 0. The van der Waals surface area contributed by atoms with Crippen LogP contribution in [0.4, 0.5) is 10.1 Å². The first-order valence-corrected chi connectivity index (χ1v) is 6.12. The van der Waals surface area contributed by atoms with Crippen molar-refractivity contribution in [1.82, 2.24) is 5.32 Å². The number of benzene rings is 2. The van der Waals surface area contributed by atoms with Gasteiger partial charge in [0, 0.05) is 5.69 Å². The molecule has 0 fully saturated rings. The van der Waals surface area contributed by atoms with Gasteiger partial charge in [-0.1, -0.05) is 30.3 Å². The third-order valence-corrected chi connectivity index (χ3v) is 2.91. The number of nitrogens with one attached hydrogen (secondary N) is 1. The lowest BCUT2D eigenvalue weighted by Gasteiger charge is -2.15. The maximum absolute atomic E-state index is 13.0. The summed E-state index contributed by atoms with van der Waals surface area (Å²) < 4.78 is 13.0. The summed E-state index contributed by atoms with van der Waals surface area (Å²) in [7, 11) is 0.